The van der Waals surface area contributed by atoms with Crippen molar-refractivity contribution in [1.29, 1.82) is 0 Å². The summed E-state index contributed by atoms with van der Waals surface area (Å²) in [5.41, 5.74) is 3.09. The van der Waals surface area contributed by atoms with E-state index in [1.807, 2.05) is 30.3 Å². The van der Waals surface area contributed by atoms with Crippen LogP contribution in [0.1, 0.15) is 31.4 Å². The highest BCUT2D eigenvalue weighted by atomic mass is 16.5. The maximum atomic E-state index is 13.0. The molecule has 6 heteroatoms. The Morgan fingerprint density at radius 3 is 2.58 bits per heavy atom. The van der Waals surface area contributed by atoms with Gasteiger partial charge in [0, 0.05) is 67.7 Å². The van der Waals surface area contributed by atoms with Crippen molar-refractivity contribution in [3.05, 3.63) is 48.5 Å². The molecule has 2 aromatic heterocycles. The third-order valence-electron chi connectivity index (χ3n) is 6.86. The first-order valence-corrected chi connectivity index (χ1v) is 11.4. The van der Waals surface area contributed by atoms with E-state index in [0.29, 0.717) is 18.2 Å². The van der Waals surface area contributed by atoms with E-state index in [2.05, 4.69) is 39.2 Å². The number of benzene rings is 1. The fraction of sp³-hybridized carbons (Fsp3) is 0.480. The summed E-state index contributed by atoms with van der Waals surface area (Å²) in [4.78, 5) is 20.1. The lowest BCUT2D eigenvalue weighted by atomic mass is 9.88. The standard InChI is InChI=1S/C25H30N4O2/c1-28-17-22(16-27-28)19-2-3-20-15-26-23(13-21(20)12-19)14-25(30)18-4-8-29(9-5-18)24-6-10-31-11-7-24/h2-3,12-13,15-18,24H,4-11,14H2,1H3. The van der Waals surface area contributed by atoms with Crippen molar-refractivity contribution in [2.24, 2.45) is 13.0 Å². The summed E-state index contributed by atoms with van der Waals surface area (Å²) in [6, 6.07) is 9.06. The summed E-state index contributed by atoms with van der Waals surface area (Å²) in [7, 11) is 1.92. The van der Waals surface area contributed by atoms with E-state index in [9.17, 15) is 4.79 Å². The van der Waals surface area contributed by atoms with Crippen LogP contribution in [0.5, 0.6) is 0 Å². The highest BCUT2D eigenvalue weighted by Crippen LogP contribution is 2.26. The van der Waals surface area contributed by atoms with Crippen molar-refractivity contribution < 1.29 is 9.53 Å². The van der Waals surface area contributed by atoms with Gasteiger partial charge in [-0.05, 0) is 61.9 Å². The van der Waals surface area contributed by atoms with E-state index >= 15 is 0 Å². The molecule has 2 fully saturated rings. The van der Waals surface area contributed by atoms with E-state index < -0.39 is 0 Å². The molecule has 6 nitrogen and oxygen atoms in total. The number of pyridine rings is 1. The minimum absolute atomic E-state index is 0.162. The molecular formula is C25H30N4O2. The van der Waals surface area contributed by atoms with Crippen molar-refractivity contribution in [3.8, 4) is 11.1 Å². The predicted molar refractivity (Wildman–Crippen MR) is 121 cm³/mol. The fourth-order valence-corrected chi connectivity index (χ4v) is 4.99. The first-order chi connectivity index (χ1) is 15.2. The maximum Gasteiger partial charge on any atom is 0.142 e. The van der Waals surface area contributed by atoms with Gasteiger partial charge in [0.2, 0.25) is 0 Å². The first kappa shape index (κ1) is 20.3. The molecule has 0 aliphatic carbocycles. The first-order valence-electron chi connectivity index (χ1n) is 11.4. The number of carbonyl (C=O) groups is 1. The van der Waals surface area contributed by atoms with Crippen molar-refractivity contribution in [2.45, 2.75) is 38.1 Å². The van der Waals surface area contributed by atoms with Crippen molar-refractivity contribution in [3.63, 3.8) is 0 Å². The molecule has 0 amide bonds. The van der Waals surface area contributed by atoms with E-state index in [1.165, 1.54) is 0 Å². The zero-order valence-corrected chi connectivity index (χ0v) is 18.2. The predicted octanol–water partition coefficient (Wildman–Crippen LogP) is 3.64. The molecule has 2 aliphatic heterocycles. The zero-order chi connectivity index (χ0) is 21.2. The molecule has 0 atom stereocenters. The third kappa shape index (κ3) is 4.55. The number of fused-ring (bicyclic) bond motifs is 1. The largest absolute Gasteiger partial charge is 0.381 e. The Hall–Kier alpha value is -2.57. The third-order valence-corrected chi connectivity index (χ3v) is 6.86. The van der Waals surface area contributed by atoms with Gasteiger partial charge in [-0.1, -0.05) is 12.1 Å². The molecule has 0 bridgehead atoms. The van der Waals surface area contributed by atoms with Crippen LogP contribution in [0, 0.1) is 5.92 Å². The number of Topliss-reactive ketones (excluding diaryl/α,β-unsaturated/α-hetero) is 1. The maximum absolute atomic E-state index is 13.0. The summed E-state index contributed by atoms with van der Waals surface area (Å²) >= 11 is 0. The number of rotatable bonds is 5. The molecule has 4 heterocycles. The van der Waals surface area contributed by atoms with Gasteiger partial charge < -0.3 is 9.64 Å². The minimum Gasteiger partial charge on any atom is -0.381 e. The Labute approximate surface area is 183 Å². The van der Waals surface area contributed by atoms with Gasteiger partial charge in [0.05, 0.1) is 6.20 Å². The van der Waals surface area contributed by atoms with E-state index in [0.717, 1.165) is 79.6 Å². The van der Waals surface area contributed by atoms with Crippen LogP contribution >= 0.6 is 0 Å². The highest BCUT2D eigenvalue weighted by molar-refractivity contribution is 5.88. The summed E-state index contributed by atoms with van der Waals surface area (Å²) in [5.74, 6) is 0.497. The second-order valence-electron chi connectivity index (χ2n) is 8.94. The number of aryl methyl sites for hydroxylation is 1. The molecule has 1 aromatic carbocycles. The normalized spacial score (nSPS) is 19.1. The van der Waals surface area contributed by atoms with Crippen LogP contribution < -0.4 is 0 Å². The number of ether oxygens (including phenoxy) is 1. The Morgan fingerprint density at radius 1 is 1.03 bits per heavy atom. The second-order valence-corrected chi connectivity index (χ2v) is 8.94. The van der Waals surface area contributed by atoms with Gasteiger partial charge in [0.15, 0.2) is 0 Å². The van der Waals surface area contributed by atoms with E-state index in [-0.39, 0.29) is 5.92 Å². The lowest BCUT2D eigenvalue weighted by molar-refractivity contribution is -0.124. The quantitative estimate of drug-likeness (QED) is 0.633. The Balaban J connectivity index is 1.24. The number of nitrogens with zero attached hydrogens (tertiary/aromatic N) is 4. The van der Waals surface area contributed by atoms with Crippen molar-refractivity contribution in [1.82, 2.24) is 19.7 Å². The number of carbonyl (C=O) groups excluding carboxylic acids is 1. The molecule has 0 N–H and O–H groups in total. The molecule has 0 unspecified atom stereocenters. The van der Waals surface area contributed by atoms with Crippen LogP contribution in [0.15, 0.2) is 42.9 Å². The van der Waals surface area contributed by atoms with Crippen LogP contribution in [-0.4, -0.2) is 57.8 Å². The minimum atomic E-state index is 0.162. The average Bonchev–Trinajstić information content (AvgIpc) is 3.25. The van der Waals surface area contributed by atoms with E-state index in [1.54, 1.807) is 0 Å². The van der Waals surface area contributed by atoms with Crippen LogP contribution in [0.4, 0.5) is 0 Å². The number of likely N-dealkylation sites (tertiary alicyclic amines) is 1. The monoisotopic (exact) mass is 418 g/mol. The molecule has 0 saturated carbocycles. The number of piperidine rings is 1. The summed E-state index contributed by atoms with van der Waals surface area (Å²) in [6.07, 6.45) is 10.4. The van der Waals surface area contributed by atoms with Gasteiger partial charge in [0.25, 0.3) is 0 Å². The number of hydrogen-bond acceptors (Lipinski definition) is 5. The lowest BCUT2D eigenvalue weighted by Gasteiger charge is -2.38. The number of ketones is 1. The van der Waals surface area contributed by atoms with E-state index in [4.69, 9.17) is 4.74 Å². The smallest absolute Gasteiger partial charge is 0.142 e. The molecular weight excluding hydrogens is 388 g/mol. The van der Waals surface area contributed by atoms with Gasteiger partial charge >= 0.3 is 0 Å². The zero-order valence-electron chi connectivity index (χ0n) is 18.2. The molecule has 3 aromatic rings. The van der Waals surface area contributed by atoms with Gasteiger partial charge in [-0.15, -0.1) is 0 Å². The SMILES string of the molecule is Cn1cc(-c2ccc3cnc(CC(=O)C4CCN(C5CCOCC5)CC4)cc3c2)cn1. The molecule has 2 saturated heterocycles. The molecule has 0 radical (unpaired) electrons. The molecule has 0 spiro atoms. The van der Waals surface area contributed by atoms with Gasteiger partial charge in [0.1, 0.15) is 5.78 Å². The van der Waals surface area contributed by atoms with Gasteiger partial charge in [-0.25, -0.2) is 0 Å². The number of aromatic nitrogens is 3. The lowest BCUT2D eigenvalue weighted by Crippen LogP contribution is -2.45. The fourth-order valence-electron chi connectivity index (χ4n) is 4.99. The van der Waals surface area contributed by atoms with Crippen molar-refractivity contribution in [2.75, 3.05) is 26.3 Å². The van der Waals surface area contributed by atoms with Crippen LogP contribution in [0.2, 0.25) is 0 Å². The summed E-state index contributed by atoms with van der Waals surface area (Å²) < 4.78 is 7.30. The average molecular weight is 419 g/mol. The highest BCUT2D eigenvalue weighted by Gasteiger charge is 2.29. The topological polar surface area (TPSA) is 60.2 Å². The Kier molecular flexibility index (Phi) is 5.83. The molecule has 2 aliphatic rings. The van der Waals surface area contributed by atoms with Gasteiger partial charge in [-0.2, -0.15) is 5.10 Å². The Morgan fingerprint density at radius 2 is 1.84 bits per heavy atom. The summed E-state index contributed by atoms with van der Waals surface area (Å²) in [5, 5.41) is 6.48. The van der Waals surface area contributed by atoms with Crippen LogP contribution in [0.3, 0.4) is 0 Å². The van der Waals surface area contributed by atoms with Crippen LogP contribution in [0.25, 0.3) is 21.9 Å². The van der Waals surface area contributed by atoms with Crippen molar-refractivity contribution >= 4 is 16.6 Å². The summed E-state index contributed by atoms with van der Waals surface area (Å²) in [6.45, 7) is 3.81. The molecule has 31 heavy (non-hydrogen) atoms. The molecule has 162 valence electrons. The number of hydrogen-bond donors (Lipinski definition) is 0. The van der Waals surface area contributed by atoms with Crippen LogP contribution in [-0.2, 0) is 23.0 Å². The second kappa shape index (κ2) is 8.89. The molecule has 5 rings (SSSR count). The Bertz CT molecular complexity index is 1060. The van der Waals surface area contributed by atoms with Gasteiger partial charge in [-0.3, -0.25) is 14.5 Å².